The van der Waals surface area contributed by atoms with E-state index in [9.17, 15) is 9.59 Å². The largest absolute Gasteiger partial charge is 0.497 e. The van der Waals surface area contributed by atoms with Crippen LogP contribution in [0.3, 0.4) is 0 Å². The van der Waals surface area contributed by atoms with Gasteiger partial charge in [-0.3, -0.25) is 19.4 Å². The predicted octanol–water partition coefficient (Wildman–Crippen LogP) is 1.60. The Kier molecular flexibility index (Phi) is 4.80. The first-order valence-electron chi connectivity index (χ1n) is 6.81. The highest BCUT2D eigenvalue weighted by molar-refractivity contribution is 5.92. The number of carbonyl (C=O) groups is 2. The summed E-state index contributed by atoms with van der Waals surface area (Å²) in [6.07, 6.45) is 0.842. The van der Waals surface area contributed by atoms with Gasteiger partial charge in [0.2, 0.25) is 11.8 Å². The van der Waals surface area contributed by atoms with Crippen LogP contribution in [-0.4, -0.2) is 43.8 Å². The standard InChI is InChI=1S/C15H20N2O4/c1-11(18)16(12-4-6-13(20-2)7-5-12)10-17-14(19)8-9-15(17)21-3/h4-7,15H,8-10H2,1-3H3. The third kappa shape index (κ3) is 3.33. The van der Waals surface area contributed by atoms with Gasteiger partial charge >= 0.3 is 0 Å². The van der Waals surface area contributed by atoms with E-state index in [1.807, 2.05) is 0 Å². The lowest BCUT2D eigenvalue weighted by atomic mass is 10.2. The van der Waals surface area contributed by atoms with Gasteiger partial charge in [-0.25, -0.2) is 0 Å². The zero-order valence-corrected chi connectivity index (χ0v) is 12.5. The molecule has 0 aromatic heterocycles. The number of benzene rings is 1. The second kappa shape index (κ2) is 6.58. The monoisotopic (exact) mass is 292 g/mol. The van der Waals surface area contributed by atoms with Crippen molar-refractivity contribution in [1.82, 2.24) is 4.90 Å². The molecule has 0 spiro atoms. The molecule has 2 rings (SSSR count). The third-order valence-corrected chi connectivity index (χ3v) is 3.60. The molecule has 1 aliphatic heterocycles. The average molecular weight is 292 g/mol. The number of methoxy groups -OCH3 is 2. The van der Waals surface area contributed by atoms with Crippen LogP contribution in [0.25, 0.3) is 0 Å². The Balaban J connectivity index is 2.18. The molecule has 6 heteroatoms. The minimum atomic E-state index is -0.266. The second-order valence-corrected chi connectivity index (χ2v) is 4.88. The number of amides is 2. The highest BCUT2D eigenvalue weighted by Gasteiger charge is 2.32. The van der Waals surface area contributed by atoms with Crippen molar-refractivity contribution in [2.45, 2.75) is 26.0 Å². The lowest BCUT2D eigenvalue weighted by molar-refractivity contribution is -0.135. The first kappa shape index (κ1) is 15.3. The molecule has 6 nitrogen and oxygen atoms in total. The van der Waals surface area contributed by atoms with Gasteiger partial charge in [0.1, 0.15) is 18.6 Å². The number of hydrogen-bond acceptors (Lipinski definition) is 4. The summed E-state index contributed by atoms with van der Waals surface area (Å²) in [4.78, 5) is 27.0. The van der Waals surface area contributed by atoms with Crippen LogP contribution in [0.1, 0.15) is 19.8 Å². The number of hydrogen-bond donors (Lipinski definition) is 0. The second-order valence-electron chi connectivity index (χ2n) is 4.88. The molecule has 114 valence electrons. The Hall–Kier alpha value is -2.08. The van der Waals surface area contributed by atoms with Crippen LogP contribution >= 0.6 is 0 Å². The van der Waals surface area contributed by atoms with Gasteiger partial charge in [-0.15, -0.1) is 0 Å². The van der Waals surface area contributed by atoms with Gasteiger partial charge in [0.15, 0.2) is 0 Å². The van der Waals surface area contributed by atoms with Crippen molar-refractivity contribution in [3.05, 3.63) is 24.3 Å². The summed E-state index contributed by atoms with van der Waals surface area (Å²) in [7, 11) is 3.16. The average Bonchev–Trinajstić information content (AvgIpc) is 2.85. The van der Waals surface area contributed by atoms with Gasteiger partial charge in [0.05, 0.1) is 7.11 Å². The molecule has 0 aliphatic carbocycles. The van der Waals surface area contributed by atoms with E-state index in [-0.39, 0.29) is 24.7 Å². The molecule has 0 radical (unpaired) electrons. The Bertz CT molecular complexity index is 515. The van der Waals surface area contributed by atoms with Gasteiger partial charge in [0, 0.05) is 32.6 Å². The van der Waals surface area contributed by atoms with Crippen LogP contribution in [0.4, 0.5) is 5.69 Å². The maximum absolute atomic E-state index is 11.9. The van der Waals surface area contributed by atoms with Crippen molar-refractivity contribution in [3.63, 3.8) is 0 Å². The molecule has 0 saturated carbocycles. The van der Waals surface area contributed by atoms with Crippen LogP contribution in [-0.2, 0) is 14.3 Å². The summed E-state index contributed by atoms with van der Waals surface area (Å²) in [6.45, 7) is 1.67. The van der Waals surface area contributed by atoms with Crippen LogP contribution < -0.4 is 9.64 Å². The van der Waals surface area contributed by atoms with E-state index in [0.29, 0.717) is 18.6 Å². The molecule has 1 atom stereocenters. The van der Waals surface area contributed by atoms with E-state index in [0.717, 1.165) is 5.69 Å². The topological polar surface area (TPSA) is 59.1 Å². The van der Waals surface area contributed by atoms with Gasteiger partial charge in [-0.1, -0.05) is 0 Å². The minimum Gasteiger partial charge on any atom is -0.497 e. The summed E-state index contributed by atoms with van der Waals surface area (Å²) in [5.74, 6) is 0.589. The van der Waals surface area contributed by atoms with Crippen molar-refractivity contribution in [1.29, 1.82) is 0 Å². The molecule has 1 fully saturated rings. The van der Waals surface area contributed by atoms with E-state index in [1.54, 1.807) is 48.3 Å². The first-order chi connectivity index (χ1) is 10.1. The lowest BCUT2D eigenvalue weighted by Crippen LogP contribution is -2.45. The summed E-state index contributed by atoms with van der Waals surface area (Å²) in [5, 5.41) is 0. The molecular weight excluding hydrogens is 272 g/mol. The van der Waals surface area contributed by atoms with E-state index in [2.05, 4.69) is 0 Å². The Morgan fingerprint density at radius 1 is 1.33 bits per heavy atom. The highest BCUT2D eigenvalue weighted by Crippen LogP contribution is 2.24. The van der Waals surface area contributed by atoms with Gasteiger partial charge in [-0.2, -0.15) is 0 Å². The van der Waals surface area contributed by atoms with Crippen LogP contribution in [0, 0.1) is 0 Å². The summed E-state index contributed by atoms with van der Waals surface area (Å²) in [6, 6.07) is 7.15. The number of ether oxygens (including phenoxy) is 2. The smallest absolute Gasteiger partial charge is 0.226 e. The quantitative estimate of drug-likeness (QED) is 0.827. The molecule has 1 aromatic rings. The van der Waals surface area contributed by atoms with Gasteiger partial charge in [0.25, 0.3) is 0 Å². The Morgan fingerprint density at radius 3 is 2.52 bits per heavy atom. The number of nitrogens with zero attached hydrogens (tertiary/aromatic N) is 2. The molecule has 1 heterocycles. The molecule has 2 amide bonds. The molecule has 21 heavy (non-hydrogen) atoms. The first-order valence-corrected chi connectivity index (χ1v) is 6.81. The van der Waals surface area contributed by atoms with Crippen molar-refractivity contribution in [2.24, 2.45) is 0 Å². The van der Waals surface area contributed by atoms with Crippen molar-refractivity contribution >= 4 is 17.5 Å². The van der Waals surface area contributed by atoms with Crippen LogP contribution in [0.2, 0.25) is 0 Å². The van der Waals surface area contributed by atoms with Crippen LogP contribution in [0.5, 0.6) is 5.75 Å². The molecule has 1 saturated heterocycles. The number of likely N-dealkylation sites (tertiary alicyclic amines) is 1. The van der Waals surface area contributed by atoms with E-state index < -0.39 is 0 Å². The molecule has 1 aromatic carbocycles. The fourth-order valence-corrected chi connectivity index (χ4v) is 2.40. The normalized spacial score (nSPS) is 18.0. The Labute approximate surface area is 124 Å². The number of carbonyl (C=O) groups excluding carboxylic acids is 2. The SMILES string of the molecule is COc1ccc(N(CN2C(=O)CCC2OC)C(C)=O)cc1. The lowest BCUT2D eigenvalue weighted by Gasteiger charge is -2.30. The predicted molar refractivity (Wildman–Crippen MR) is 77.9 cm³/mol. The number of anilines is 1. The molecule has 0 N–H and O–H groups in total. The van der Waals surface area contributed by atoms with E-state index in [4.69, 9.17) is 9.47 Å². The summed E-state index contributed by atoms with van der Waals surface area (Å²) < 4.78 is 10.4. The maximum Gasteiger partial charge on any atom is 0.226 e. The van der Waals surface area contributed by atoms with Crippen LogP contribution in [0.15, 0.2) is 24.3 Å². The molecule has 1 unspecified atom stereocenters. The fourth-order valence-electron chi connectivity index (χ4n) is 2.40. The third-order valence-electron chi connectivity index (χ3n) is 3.60. The van der Waals surface area contributed by atoms with E-state index in [1.165, 1.54) is 6.92 Å². The van der Waals surface area contributed by atoms with Crippen molar-refractivity contribution in [3.8, 4) is 5.75 Å². The zero-order valence-electron chi connectivity index (χ0n) is 12.5. The minimum absolute atomic E-state index is 0.00149. The number of rotatable bonds is 5. The molecule has 1 aliphatic rings. The highest BCUT2D eigenvalue weighted by atomic mass is 16.5. The van der Waals surface area contributed by atoms with Gasteiger partial charge in [-0.05, 0) is 24.3 Å². The molecular formula is C15H20N2O4. The zero-order chi connectivity index (χ0) is 15.4. The summed E-state index contributed by atoms with van der Waals surface area (Å²) >= 11 is 0. The Morgan fingerprint density at radius 2 is 2.00 bits per heavy atom. The van der Waals surface area contributed by atoms with Crippen molar-refractivity contribution < 1.29 is 19.1 Å². The van der Waals surface area contributed by atoms with E-state index >= 15 is 0 Å². The van der Waals surface area contributed by atoms with Crippen molar-refractivity contribution in [2.75, 3.05) is 25.8 Å². The summed E-state index contributed by atoms with van der Waals surface area (Å²) in [5.41, 5.74) is 0.720. The maximum atomic E-state index is 11.9. The fraction of sp³-hybridized carbons (Fsp3) is 0.467. The van der Waals surface area contributed by atoms with Gasteiger partial charge < -0.3 is 9.47 Å². The molecule has 0 bridgehead atoms.